The van der Waals surface area contributed by atoms with Crippen LogP contribution in [0.1, 0.15) is 10.4 Å². The molecule has 1 amide bonds. The van der Waals surface area contributed by atoms with Gasteiger partial charge in [0.05, 0.1) is 24.7 Å². The fraction of sp³-hybridized carbons (Fsp3) is 0.100. The van der Waals surface area contributed by atoms with Gasteiger partial charge in [-0.15, -0.1) is 0 Å². The Balaban J connectivity index is 1.67. The predicted molar refractivity (Wildman–Crippen MR) is 122 cm³/mol. The molecule has 0 radical (unpaired) electrons. The Kier molecular flexibility index (Phi) is 7.35. The van der Waals surface area contributed by atoms with Gasteiger partial charge in [0.2, 0.25) is 5.88 Å². The van der Waals surface area contributed by atoms with Gasteiger partial charge in [-0.2, -0.15) is 9.97 Å². The van der Waals surface area contributed by atoms with Crippen molar-refractivity contribution in [1.82, 2.24) is 15.3 Å². The molecule has 0 unspecified atom stereocenters. The maximum atomic E-state index is 13.7. The molecule has 3 N–H and O–H groups in total. The van der Waals surface area contributed by atoms with Crippen LogP contribution in [-0.4, -0.2) is 43.6 Å². The molecule has 3 rings (SSSR count). The van der Waals surface area contributed by atoms with E-state index in [2.05, 4.69) is 25.3 Å². The number of sulfonamides is 1. The molecule has 0 saturated heterocycles. The Morgan fingerprint density at radius 1 is 1.03 bits per heavy atom. The molecule has 10 nitrogen and oxygen atoms in total. The average molecular weight is 492 g/mol. The van der Waals surface area contributed by atoms with E-state index in [1.54, 1.807) is 0 Å². The third-order valence-corrected chi connectivity index (χ3v) is 5.66. The summed E-state index contributed by atoms with van der Waals surface area (Å²) >= 11 is 5.06. The number of nitrogens with zero attached hydrogens (tertiary/aromatic N) is 2. The molecule has 1 aromatic heterocycles. The molecule has 0 aliphatic heterocycles. The zero-order valence-corrected chi connectivity index (χ0v) is 19.0. The summed E-state index contributed by atoms with van der Waals surface area (Å²) in [4.78, 5) is 19.9. The van der Waals surface area contributed by atoms with Gasteiger partial charge in [0.25, 0.3) is 15.9 Å². The predicted octanol–water partition coefficient (Wildman–Crippen LogP) is 2.56. The first kappa shape index (κ1) is 23.8. The number of hydrogen-bond donors (Lipinski definition) is 3. The summed E-state index contributed by atoms with van der Waals surface area (Å²) in [5, 5.41) is 5.00. The van der Waals surface area contributed by atoms with Crippen molar-refractivity contribution < 1.29 is 27.1 Å². The Morgan fingerprint density at radius 2 is 1.73 bits per heavy atom. The van der Waals surface area contributed by atoms with Crippen molar-refractivity contribution in [2.24, 2.45) is 0 Å². The maximum absolute atomic E-state index is 13.7. The first-order chi connectivity index (χ1) is 15.7. The number of rotatable bonds is 7. The highest BCUT2D eigenvalue weighted by Gasteiger charge is 2.17. The summed E-state index contributed by atoms with van der Waals surface area (Å²) in [6.07, 6.45) is 0. The van der Waals surface area contributed by atoms with Crippen molar-refractivity contribution in [3.63, 3.8) is 0 Å². The van der Waals surface area contributed by atoms with Crippen LogP contribution in [0.15, 0.2) is 59.5 Å². The number of ether oxygens (including phenoxy) is 2. The Hall–Kier alpha value is -3.84. The highest BCUT2D eigenvalue weighted by molar-refractivity contribution is 7.92. The van der Waals surface area contributed by atoms with E-state index >= 15 is 0 Å². The molecule has 13 heteroatoms. The van der Waals surface area contributed by atoms with Crippen molar-refractivity contribution in [3.05, 3.63) is 66.0 Å². The van der Waals surface area contributed by atoms with E-state index in [-0.39, 0.29) is 33.3 Å². The molecule has 0 aliphatic carbocycles. The number of halogens is 1. The molecule has 0 atom stereocenters. The number of aromatic nitrogens is 2. The smallest absolute Gasteiger partial charge is 0.321 e. The van der Waals surface area contributed by atoms with E-state index in [9.17, 15) is 17.6 Å². The zero-order chi connectivity index (χ0) is 24.0. The van der Waals surface area contributed by atoms with Gasteiger partial charge >= 0.3 is 6.01 Å². The molecular formula is C20H18FN5O5S2. The number of methoxy groups -OCH3 is 2. The molecule has 0 aliphatic rings. The molecule has 3 aromatic rings. The molecule has 0 fully saturated rings. The topological polar surface area (TPSA) is 132 Å². The second-order valence-corrected chi connectivity index (χ2v) is 8.39. The van der Waals surface area contributed by atoms with Crippen molar-refractivity contribution in [1.29, 1.82) is 0 Å². The maximum Gasteiger partial charge on any atom is 0.321 e. The van der Waals surface area contributed by atoms with Crippen LogP contribution in [0, 0.1) is 5.82 Å². The van der Waals surface area contributed by atoms with Crippen LogP contribution in [0.4, 0.5) is 15.9 Å². The zero-order valence-electron chi connectivity index (χ0n) is 17.3. The number of thiocarbonyl (C=S) groups is 1. The van der Waals surface area contributed by atoms with E-state index in [1.807, 2.05) is 0 Å². The van der Waals surface area contributed by atoms with Crippen molar-refractivity contribution >= 4 is 44.8 Å². The van der Waals surface area contributed by atoms with Crippen LogP contribution >= 0.6 is 12.2 Å². The minimum Gasteiger partial charge on any atom is -0.481 e. The third kappa shape index (κ3) is 6.11. The van der Waals surface area contributed by atoms with Crippen LogP contribution in [-0.2, 0) is 10.0 Å². The fourth-order valence-corrected chi connectivity index (χ4v) is 3.75. The summed E-state index contributed by atoms with van der Waals surface area (Å²) in [5.74, 6) is -1.33. The lowest BCUT2D eigenvalue weighted by atomic mass is 10.2. The molecular weight excluding hydrogens is 473 g/mol. The quantitative estimate of drug-likeness (QED) is 0.427. The Labute approximate surface area is 194 Å². The lowest BCUT2D eigenvalue weighted by Gasteiger charge is -2.12. The summed E-state index contributed by atoms with van der Waals surface area (Å²) in [6.45, 7) is 0. The normalized spacial score (nSPS) is 10.8. The number of hydrogen-bond acceptors (Lipinski definition) is 8. The minimum absolute atomic E-state index is 0.0436. The van der Waals surface area contributed by atoms with E-state index < -0.39 is 21.7 Å². The molecule has 2 aromatic carbocycles. The van der Waals surface area contributed by atoms with Gasteiger partial charge in [-0.25, -0.2) is 12.8 Å². The first-order valence-electron chi connectivity index (χ1n) is 9.18. The van der Waals surface area contributed by atoms with E-state index in [0.29, 0.717) is 5.69 Å². The third-order valence-electron chi connectivity index (χ3n) is 4.08. The fourth-order valence-electron chi connectivity index (χ4n) is 2.54. The van der Waals surface area contributed by atoms with Gasteiger partial charge in [-0.05, 0) is 48.6 Å². The van der Waals surface area contributed by atoms with E-state index in [1.165, 1.54) is 62.8 Å². The van der Waals surface area contributed by atoms with E-state index in [0.717, 1.165) is 6.07 Å². The van der Waals surface area contributed by atoms with Gasteiger partial charge in [0, 0.05) is 11.8 Å². The molecule has 0 saturated carbocycles. The number of nitrogens with one attached hydrogen (secondary N) is 3. The average Bonchev–Trinajstić information content (AvgIpc) is 2.79. The lowest BCUT2D eigenvalue weighted by molar-refractivity contribution is 0.0974. The lowest BCUT2D eigenvalue weighted by Crippen LogP contribution is -2.34. The summed E-state index contributed by atoms with van der Waals surface area (Å²) in [7, 11) is -1.29. The number of amides is 1. The van der Waals surface area contributed by atoms with Crippen molar-refractivity contribution in [3.8, 4) is 11.9 Å². The van der Waals surface area contributed by atoms with Crippen LogP contribution in [0.25, 0.3) is 0 Å². The van der Waals surface area contributed by atoms with Crippen LogP contribution in [0.2, 0.25) is 0 Å². The van der Waals surface area contributed by atoms with Crippen LogP contribution in [0.5, 0.6) is 11.9 Å². The van der Waals surface area contributed by atoms with Crippen molar-refractivity contribution in [2.45, 2.75) is 4.90 Å². The van der Waals surface area contributed by atoms with Crippen LogP contribution < -0.4 is 24.8 Å². The number of benzene rings is 2. The van der Waals surface area contributed by atoms with Gasteiger partial charge in [0.1, 0.15) is 5.82 Å². The Bertz CT molecular complexity index is 1260. The van der Waals surface area contributed by atoms with Crippen LogP contribution in [0.3, 0.4) is 0 Å². The van der Waals surface area contributed by atoms with E-state index in [4.69, 9.17) is 21.7 Å². The first-order valence-corrected chi connectivity index (χ1v) is 11.1. The van der Waals surface area contributed by atoms with Gasteiger partial charge in [-0.1, -0.05) is 12.1 Å². The molecule has 1 heterocycles. The van der Waals surface area contributed by atoms with Gasteiger partial charge in [-0.3, -0.25) is 14.8 Å². The Morgan fingerprint density at radius 3 is 2.36 bits per heavy atom. The van der Waals surface area contributed by atoms with Gasteiger partial charge in [0.15, 0.2) is 10.9 Å². The monoisotopic (exact) mass is 491 g/mol. The molecule has 172 valence electrons. The second-order valence-electron chi connectivity index (χ2n) is 6.30. The summed E-state index contributed by atoms with van der Waals surface area (Å²) in [5.41, 5.74) is 0.241. The number of anilines is 2. The number of carbonyl (C=O) groups excluding carboxylic acids is 1. The second kappa shape index (κ2) is 10.2. The summed E-state index contributed by atoms with van der Waals surface area (Å²) < 4.78 is 51.3. The minimum atomic E-state index is -3.99. The van der Waals surface area contributed by atoms with Crippen molar-refractivity contribution in [2.75, 3.05) is 24.3 Å². The largest absolute Gasteiger partial charge is 0.481 e. The summed E-state index contributed by atoms with van der Waals surface area (Å²) in [6, 6.07) is 12.2. The highest BCUT2D eigenvalue weighted by Crippen LogP contribution is 2.21. The standard InChI is InChI=1S/C20H18FN5O5S2/c1-30-17-11-16(23-19(24-17)31-2)26-33(28,29)13-9-7-12(8-10-13)22-20(32)25-18(27)14-5-3-4-6-15(14)21/h3-11H,1-2H3,(H,23,24,26)(H2,22,25,27,32). The number of carbonyl (C=O) groups is 1. The van der Waals surface area contributed by atoms with Gasteiger partial charge < -0.3 is 14.8 Å². The molecule has 0 bridgehead atoms. The highest BCUT2D eigenvalue weighted by atomic mass is 32.2. The molecule has 0 spiro atoms. The SMILES string of the molecule is COc1cc(NS(=O)(=O)c2ccc(NC(=S)NC(=O)c3ccccc3F)cc2)nc(OC)n1. The molecule has 33 heavy (non-hydrogen) atoms.